The van der Waals surface area contributed by atoms with Crippen LogP contribution in [0.15, 0.2) is 39.3 Å². The highest BCUT2D eigenvalue weighted by molar-refractivity contribution is 9.10. The Morgan fingerprint density at radius 1 is 1.35 bits per heavy atom. The second-order valence-corrected chi connectivity index (χ2v) is 5.17. The van der Waals surface area contributed by atoms with Crippen molar-refractivity contribution in [2.24, 2.45) is 0 Å². The fourth-order valence-corrected chi connectivity index (χ4v) is 2.20. The third-order valence-electron chi connectivity index (χ3n) is 2.85. The normalized spacial score (nSPS) is 15.1. The van der Waals surface area contributed by atoms with E-state index in [0.29, 0.717) is 6.04 Å². The molecule has 1 fully saturated rings. The zero-order chi connectivity index (χ0) is 11.7. The van der Waals surface area contributed by atoms with Crippen molar-refractivity contribution in [3.8, 4) is 11.3 Å². The molecule has 1 heterocycles. The summed E-state index contributed by atoms with van der Waals surface area (Å²) in [5.41, 5.74) is 2.00. The van der Waals surface area contributed by atoms with E-state index in [4.69, 9.17) is 4.52 Å². The summed E-state index contributed by atoms with van der Waals surface area (Å²) in [5.74, 6) is 0.810. The molecule has 1 saturated carbocycles. The summed E-state index contributed by atoms with van der Waals surface area (Å²) in [4.78, 5) is 0. The Morgan fingerprint density at radius 2 is 2.18 bits per heavy atom. The molecule has 0 aliphatic heterocycles. The Bertz CT molecular complexity index is 520. The second kappa shape index (κ2) is 4.63. The minimum Gasteiger partial charge on any atom is -0.356 e. The van der Waals surface area contributed by atoms with E-state index in [1.807, 2.05) is 30.3 Å². The Hall–Kier alpha value is -1.13. The van der Waals surface area contributed by atoms with Crippen LogP contribution < -0.4 is 5.32 Å². The molecule has 88 valence electrons. The summed E-state index contributed by atoms with van der Waals surface area (Å²) >= 11 is 3.51. The number of nitrogens with zero attached hydrogens (tertiary/aromatic N) is 1. The average molecular weight is 293 g/mol. The quantitative estimate of drug-likeness (QED) is 0.939. The van der Waals surface area contributed by atoms with E-state index < -0.39 is 0 Å². The van der Waals surface area contributed by atoms with Gasteiger partial charge in [-0.2, -0.15) is 0 Å². The molecule has 1 aliphatic rings. The maximum atomic E-state index is 5.36. The van der Waals surface area contributed by atoms with Gasteiger partial charge in [0.2, 0.25) is 0 Å². The lowest BCUT2D eigenvalue weighted by molar-refractivity contribution is 0.419. The van der Waals surface area contributed by atoms with Crippen LogP contribution in [0.1, 0.15) is 18.5 Å². The molecule has 0 unspecified atom stereocenters. The molecule has 1 N–H and O–H groups in total. The van der Waals surface area contributed by atoms with Crippen molar-refractivity contribution in [3.05, 3.63) is 40.5 Å². The van der Waals surface area contributed by atoms with Crippen LogP contribution in [-0.2, 0) is 6.54 Å². The molecule has 3 nitrogen and oxygen atoms in total. The molecule has 0 spiro atoms. The fourth-order valence-electron chi connectivity index (χ4n) is 1.72. The maximum Gasteiger partial charge on any atom is 0.168 e. The van der Waals surface area contributed by atoms with Crippen LogP contribution in [-0.4, -0.2) is 11.2 Å². The zero-order valence-electron chi connectivity index (χ0n) is 9.32. The fraction of sp³-hybridized carbons (Fsp3) is 0.308. The Labute approximate surface area is 108 Å². The van der Waals surface area contributed by atoms with Gasteiger partial charge in [0.05, 0.1) is 5.69 Å². The van der Waals surface area contributed by atoms with Gasteiger partial charge in [0.1, 0.15) is 0 Å². The SMILES string of the molecule is Brc1ccccc1-c1cc(CNC2CC2)no1. The number of halogens is 1. The smallest absolute Gasteiger partial charge is 0.168 e. The van der Waals surface area contributed by atoms with E-state index in [2.05, 4.69) is 26.4 Å². The predicted molar refractivity (Wildman–Crippen MR) is 69.5 cm³/mol. The van der Waals surface area contributed by atoms with Crippen LogP contribution in [0.25, 0.3) is 11.3 Å². The molecule has 1 aromatic carbocycles. The third kappa shape index (κ3) is 2.58. The van der Waals surface area contributed by atoms with Crippen LogP contribution in [0, 0.1) is 0 Å². The van der Waals surface area contributed by atoms with Gasteiger partial charge < -0.3 is 9.84 Å². The van der Waals surface area contributed by atoms with Crippen molar-refractivity contribution in [2.75, 3.05) is 0 Å². The largest absolute Gasteiger partial charge is 0.356 e. The number of aromatic nitrogens is 1. The van der Waals surface area contributed by atoms with E-state index in [1.54, 1.807) is 0 Å². The van der Waals surface area contributed by atoms with Crippen LogP contribution in [0.5, 0.6) is 0 Å². The molecular weight excluding hydrogens is 280 g/mol. The van der Waals surface area contributed by atoms with E-state index in [9.17, 15) is 0 Å². The second-order valence-electron chi connectivity index (χ2n) is 4.32. The zero-order valence-corrected chi connectivity index (χ0v) is 10.9. The molecule has 4 heteroatoms. The van der Waals surface area contributed by atoms with Gasteiger partial charge in [0.15, 0.2) is 5.76 Å². The summed E-state index contributed by atoms with van der Waals surface area (Å²) in [6, 6.07) is 10.7. The van der Waals surface area contributed by atoms with E-state index in [1.165, 1.54) is 12.8 Å². The summed E-state index contributed by atoms with van der Waals surface area (Å²) in [7, 11) is 0. The number of rotatable bonds is 4. The maximum absolute atomic E-state index is 5.36. The van der Waals surface area contributed by atoms with Crippen molar-refractivity contribution in [1.29, 1.82) is 0 Å². The highest BCUT2D eigenvalue weighted by Crippen LogP contribution is 2.28. The average Bonchev–Trinajstić information content (AvgIpc) is 3.06. The third-order valence-corrected chi connectivity index (χ3v) is 3.54. The molecule has 0 bridgehead atoms. The van der Waals surface area contributed by atoms with Crippen molar-refractivity contribution in [1.82, 2.24) is 10.5 Å². The van der Waals surface area contributed by atoms with Crippen molar-refractivity contribution >= 4 is 15.9 Å². The predicted octanol–water partition coefficient (Wildman–Crippen LogP) is 3.36. The summed E-state index contributed by atoms with van der Waals surface area (Å²) in [5, 5.41) is 7.49. The van der Waals surface area contributed by atoms with Crippen molar-refractivity contribution in [3.63, 3.8) is 0 Å². The number of hydrogen-bond acceptors (Lipinski definition) is 3. The molecule has 0 amide bonds. The topological polar surface area (TPSA) is 38.1 Å². The standard InChI is InChI=1S/C13H13BrN2O/c14-12-4-2-1-3-11(12)13-7-10(16-17-13)8-15-9-5-6-9/h1-4,7,9,15H,5-6,8H2. The molecule has 0 radical (unpaired) electrons. The lowest BCUT2D eigenvalue weighted by atomic mass is 10.1. The summed E-state index contributed by atoms with van der Waals surface area (Å²) in [6.45, 7) is 0.790. The Morgan fingerprint density at radius 3 is 2.94 bits per heavy atom. The monoisotopic (exact) mass is 292 g/mol. The van der Waals surface area contributed by atoms with Gasteiger partial charge in [-0.05, 0) is 25.0 Å². The number of nitrogens with one attached hydrogen (secondary N) is 1. The van der Waals surface area contributed by atoms with Crippen LogP contribution in [0.4, 0.5) is 0 Å². The first kappa shape index (κ1) is 11.0. The first-order valence-corrected chi connectivity index (χ1v) is 6.56. The van der Waals surface area contributed by atoms with Gasteiger partial charge in [-0.25, -0.2) is 0 Å². The van der Waals surface area contributed by atoms with Gasteiger partial charge in [-0.15, -0.1) is 0 Å². The van der Waals surface area contributed by atoms with Gasteiger partial charge >= 0.3 is 0 Å². The molecule has 1 aromatic heterocycles. The number of hydrogen-bond donors (Lipinski definition) is 1. The first-order valence-electron chi connectivity index (χ1n) is 5.77. The molecular formula is C13H13BrN2O. The molecule has 1 aliphatic carbocycles. The molecule has 2 aromatic rings. The molecule has 17 heavy (non-hydrogen) atoms. The van der Waals surface area contributed by atoms with Gasteiger partial charge in [-0.3, -0.25) is 0 Å². The van der Waals surface area contributed by atoms with Crippen LogP contribution >= 0.6 is 15.9 Å². The van der Waals surface area contributed by atoms with Crippen molar-refractivity contribution < 1.29 is 4.52 Å². The highest BCUT2D eigenvalue weighted by Gasteiger charge is 2.20. The van der Waals surface area contributed by atoms with Gasteiger partial charge in [-0.1, -0.05) is 33.2 Å². The lowest BCUT2D eigenvalue weighted by Crippen LogP contribution is -2.15. The molecule has 3 rings (SSSR count). The van der Waals surface area contributed by atoms with Crippen LogP contribution in [0.3, 0.4) is 0 Å². The lowest BCUT2D eigenvalue weighted by Gasteiger charge is -1.97. The van der Waals surface area contributed by atoms with E-state index in [-0.39, 0.29) is 0 Å². The minimum absolute atomic E-state index is 0.693. The highest BCUT2D eigenvalue weighted by atomic mass is 79.9. The van der Waals surface area contributed by atoms with Crippen LogP contribution in [0.2, 0.25) is 0 Å². The Kier molecular flexibility index (Phi) is 2.99. The van der Waals surface area contributed by atoms with Gasteiger partial charge in [0, 0.05) is 28.7 Å². The van der Waals surface area contributed by atoms with E-state index >= 15 is 0 Å². The Balaban J connectivity index is 1.77. The van der Waals surface area contributed by atoms with Crippen molar-refractivity contribution in [2.45, 2.75) is 25.4 Å². The first-order chi connectivity index (χ1) is 8.33. The summed E-state index contributed by atoms with van der Waals surface area (Å²) in [6.07, 6.45) is 2.57. The molecule has 0 atom stereocenters. The number of benzene rings is 1. The minimum atomic E-state index is 0.693. The van der Waals surface area contributed by atoms with E-state index in [0.717, 1.165) is 28.0 Å². The summed E-state index contributed by atoms with van der Waals surface area (Å²) < 4.78 is 6.39. The molecule has 0 saturated heterocycles. The van der Waals surface area contributed by atoms with Gasteiger partial charge in [0.25, 0.3) is 0 Å².